The molecule has 0 saturated heterocycles. The number of benzene rings is 2. The van der Waals surface area contributed by atoms with Crippen molar-refractivity contribution in [2.24, 2.45) is 11.8 Å². The minimum atomic E-state index is -0.982. The van der Waals surface area contributed by atoms with Gasteiger partial charge < -0.3 is 15.5 Å². The molecule has 1 aliphatic rings. The molecule has 6 heteroatoms. The SMILES string of the molecule is Cc1cc(Nc2nccc(C)n2)cc(-c2ccc([C@@](C)(O)[C@H]3CC[C@H](C(=O)O)CC3)cc2)c1. The Morgan fingerprint density at radius 2 is 1.70 bits per heavy atom. The Labute approximate surface area is 194 Å². The smallest absolute Gasteiger partial charge is 0.306 e. The van der Waals surface area contributed by atoms with Gasteiger partial charge in [0, 0.05) is 17.6 Å². The maximum absolute atomic E-state index is 11.3. The van der Waals surface area contributed by atoms with Crippen LogP contribution >= 0.6 is 0 Å². The number of hydrogen-bond donors (Lipinski definition) is 3. The summed E-state index contributed by atoms with van der Waals surface area (Å²) in [5.41, 5.74) is 4.95. The molecule has 1 saturated carbocycles. The lowest BCUT2D eigenvalue weighted by Crippen LogP contribution is -2.35. The van der Waals surface area contributed by atoms with Gasteiger partial charge in [-0.05, 0) is 92.8 Å². The van der Waals surface area contributed by atoms with E-state index in [-0.39, 0.29) is 11.8 Å². The molecule has 0 radical (unpaired) electrons. The average molecular weight is 446 g/mol. The lowest BCUT2D eigenvalue weighted by Gasteiger charge is -2.37. The van der Waals surface area contributed by atoms with Crippen molar-refractivity contribution < 1.29 is 15.0 Å². The normalized spacial score (nSPS) is 20.1. The van der Waals surface area contributed by atoms with Gasteiger partial charge in [0.2, 0.25) is 5.95 Å². The molecule has 1 aliphatic carbocycles. The number of anilines is 2. The minimum absolute atomic E-state index is 0.0584. The Balaban J connectivity index is 1.52. The molecule has 1 atom stereocenters. The van der Waals surface area contributed by atoms with Gasteiger partial charge in [-0.3, -0.25) is 4.79 Å². The van der Waals surface area contributed by atoms with Gasteiger partial charge in [0.1, 0.15) is 0 Å². The zero-order valence-electron chi connectivity index (χ0n) is 19.4. The molecule has 6 nitrogen and oxygen atoms in total. The van der Waals surface area contributed by atoms with Crippen molar-refractivity contribution in [3.05, 3.63) is 71.5 Å². The summed E-state index contributed by atoms with van der Waals surface area (Å²) in [5, 5.41) is 23.8. The van der Waals surface area contributed by atoms with Gasteiger partial charge in [0.05, 0.1) is 11.5 Å². The fraction of sp³-hybridized carbons (Fsp3) is 0.370. The van der Waals surface area contributed by atoms with Gasteiger partial charge in [0.15, 0.2) is 0 Å². The van der Waals surface area contributed by atoms with Crippen LogP contribution in [0.1, 0.15) is 49.4 Å². The first-order valence-electron chi connectivity index (χ1n) is 11.5. The van der Waals surface area contributed by atoms with Crippen molar-refractivity contribution in [2.75, 3.05) is 5.32 Å². The minimum Gasteiger partial charge on any atom is -0.481 e. The second-order valence-electron chi connectivity index (χ2n) is 9.35. The number of hydrogen-bond acceptors (Lipinski definition) is 5. The highest BCUT2D eigenvalue weighted by Crippen LogP contribution is 2.41. The van der Waals surface area contributed by atoms with E-state index in [0.29, 0.717) is 18.8 Å². The number of aliphatic carboxylic acids is 1. The third-order valence-corrected chi connectivity index (χ3v) is 6.80. The monoisotopic (exact) mass is 445 g/mol. The summed E-state index contributed by atoms with van der Waals surface area (Å²) in [7, 11) is 0. The number of aryl methyl sites for hydroxylation is 2. The van der Waals surface area contributed by atoms with Crippen LogP contribution in [0.2, 0.25) is 0 Å². The van der Waals surface area contributed by atoms with Crippen LogP contribution in [0.3, 0.4) is 0 Å². The Morgan fingerprint density at radius 1 is 1.00 bits per heavy atom. The fourth-order valence-electron chi connectivity index (χ4n) is 4.80. The first kappa shape index (κ1) is 22.9. The van der Waals surface area contributed by atoms with E-state index in [1.54, 1.807) is 6.20 Å². The Morgan fingerprint density at radius 3 is 2.33 bits per heavy atom. The van der Waals surface area contributed by atoms with Crippen LogP contribution in [0.5, 0.6) is 0 Å². The number of aromatic nitrogens is 2. The molecule has 33 heavy (non-hydrogen) atoms. The second kappa shape index (κ2) is 9.32. The van der Waals surface area contributed by atoms with E-state index in [0.717, 1.165) is 46.5 Å². The van der Waals surface area contributed by atoms with E-state index >= 15 is 0 Å². The third kappa shape index (κ3) is 5.22. The van der Waals surface area contributed by atoms with Crippen LogP contribution in [-0.4, -0.2) is 26.2 Å². The number of carboxylic acid groups (broad SMARTS) is 1. The number of nitrogens with zero attached hydrogens (tertiary/aromatic N) is 2. The van der Waals surface area contributed by atoms with Gasteiger partial charge in [-0.25, -0.2) is 9.97 Å². The molecule has 2 aromatic carbocycles. The molecular weight excluding hydrogens is 414 g/mol. The van der Waals surface area contributed by atoms with Crippen molar-refractivity contribution >= 4 is 17.6 Å². The zero-order chi connectivity index (χ0) is 23.6. The number of carboxylic acids is 1. The topological polar surface area (TPSA) is 95.3 Å². The van der Waals surface area contributed by atoms with E-state index < -0.39 is 11.6 Å². The number of aliphatic hydroxyl groups is 1. The van der Waals surface area contributed by atoms with Crippen molar-refractivity contribution in [2.45, 2.75) is 52.1 Å². The molecule has 1 fully saturated rings. The van der Waals surface area contributed by atoms with E-state index in [4.69, 9.17) is 0 Å². The third-order valence-electron chi connectivity index (χ3n) is 6.80. The Bertz CT molecular complexity index is 1130. The molecule has 0 aliphatic heterocycles. The van der Waals surface area contributed by atoms with Crippen LogP contribution < -0.4 is 5.32 Å². The molecule has 0 bridgehead atoms. The predicted molar refractivity (Wildman–Crippen MR) is 129 cm³/mol. The molecule has 0 amide bonds. The lowest BCUT2D eigenvalue weighted by molar-refractivity contribution is -0.144. The van der Waals surface area contributed by atoms with Crippen LogP contribution in [0, 0.1) is 25.7 Å². The summed E-state index contributed by atoms with van der Waals surface area (Å²) in [5.74, 6) is -0.384. The van der Waals surface area contributed by atoms with Crippen molar-refractivity contribution in [3.63, 3.8) is 0 Å². The quantitative estimate of drug-likeness (QED) is 0.457. The van der Waals surface area contributed by atoms with Gasteiger partial charge in [-0.1, -0.05) is 30.3 Å². The molecule has 3 N–H and O–H groups in total. The highest BCUT2D eigenvalue weighted by molar-refractivity contribution is 5.71. The van der Waals surface area contributed by atoms with Gasteiger partial charge in [0.25, 0.3) is 0 Å². The van der Waals surface area contributed by atoms with E-state index in [9.17, 15) is 15.0 Å². The molecule has 0 unspecified atom stereocenters. The van der Waals surface area contributed by atoms with Crippen LogP contribution in [-0.2, 0) is 10.4 Å². The Hall–Kier alpha value is -3.25. The summed E-state index contributed by atoms with van der Waals surface area (Å²) in [6.45, 7) is 5.84. The van der Waals surface area contributed by atoms with E-state index in [2.05, 4.69) is 40.4 Å². The molecular formula is C27H31N3O3. The molecule has 3 aromatic rings. The van der Waals surface area contributed by atoms with E-state index in [1.165, 1.54) is 0 Å². The summed E-state index contributed by atoms with van der Waals surface area (Å²) in [4.78, 5) is 19.9. The van der Waals surface area contributed by atoms with Crippen molar-refractivity contribution in [3.8, 4) is 11.1 Å². The van der Waals surface area contributed by atoms with Crippen LogP contribution in [0.15, 0.2) is 54.7 Å². The Kier molecular flexibility index (Phi) is 6.47. The first-order valence-corrected chi connectivity index (χ1v) is 11.5. The van der Waals surface area contributed by atoms with Crippen molar-refractivity contribution in [1.29, 1.82) is 0 Å². The fourth-order valence-corrected chi connectivity index (χ4v) is 4.80. The molecule has 172 valence electrons. The standard InChI is InChI=1S/C27H31N3O3/c1-17-14-21(16-24(15-17)30-26-28-13-12-18(2)29-26)19-4-8-22(9-5-19)27(3,33)23-10-6-20(7-11-23)25(31)32/h4-5,8-9,12-16,20,23,33H,6-7,10-11H2,1-3H3,(H,31,32)(H,28,29,30)/t20-,23-,27-/m1/s1. The molecule has 4 rings (SSSR count). The maximum Gasteiger partial charge on any atom is 0.306 e. The van der Waals surface area contributed by atoms with Crippen molar-refractivity contribution in [1.82, 2.24) is 9.97 Å². The first-order chi connectivity index (χ1) is 15.7. The zero-order valence-corrected chi connectivity index (χ0v) is 19.4. The largest absolute Gasteiger partial charge is 0.481 e. The lowest BCUT2D eigenvalue weighted by atomic mass is 9.71. The summed E-state index contributed by atoms with van der Waals surface area (Å²) < 4.78 is 0. The summed E-state index contributed by atoms with van der Waals surface area (Å²) in [6.07, 6.45) is 4.43. The molecule has 1 heterocycles. The highest BCUT2D eigenvalue weighted by atomic mass is 16.4. The summed E-state index contributed by atoms with van der Waals surface area (Å²) >= 11 is 0. The summed E-state index contributed by atoms with van der Waals surface area (Å²) in [6, 6.07) is 16.2. The van der Waals surface area contributed by atoms with Crippen LogP contribution in [0.4, 0.5) is 11.6 Å². The van der Waals surface area contributed by atoms with Gasteiger partial charge >= 0.3 is 5.97 Å². The number of nitrogens with one attached hydrogen (secondary N) is 1. The maximum atomic E-state index is 11.3. The second-order valence-corrected chi connectivity index (χ2v) is 9.35. The predicted octanol–water partition coefficient (Wildman–Crippen LogP) is 5.60. The van der Waals surface area contributed by atoms with Gasteiger partial charge in [-0.2, -0.15) is 0 Å². The highest BCUT2D eigenvalue weighted by Gasteiger charge is 2.37. The van der Waals surface area contributed by atoms with Crippen LogP contribution in [0.25, 0.3) is 11.1 Å². The van der Waals surface area contributed by atoms with Gasteiger partial charge in [-0.15, -0.1) is 0 Å². The average Bonchev–Trinajstić information content (AvgIpc) is 2.79. The molecule has 1 aromatic heterocycles. The molecule has 0 spiro atoms. The number of carbonyl (C=O) groups is 1. The van der Waals surface area contributed by atoms with E-state index in [1.807, 2.05) is 44.2 Å². The number of rotatable bonds is 6.